The zero-order chi connectivity index (χ0) is 17.1. The second-order valence-corrected chi connectivity index (χ2v) is 7.92. The molecule has 0 saturated carbocycles. The summed E-state index contributed by atoms with van der Waals surface area (Å²) in [5.41, 5.74) is 0.953. The summed E-state index contributed by atoms with van der Waals surface area (Å²) in [7, 11) is 0. The molecule has 6 heteroatoms. The highest BCUT2D eigenvalue weighted by Gasteiger charge is 2.34. The molecule has 1 aromatic rings. The molecule has 0 unspecified atom stereocenters. The SMILES string of the molecule is CC1CCN(C(=O)CN2C(=O)C(=Cc3ccccc3)SC2=S)CC1. The molecule has 0 aromatic heterocycles. The fraction of sp³-hybridized carbons (Fsp3) is 0.389. The first-order chi connectivity index (χ1) is 11.5. The van der Waals surface area contributed by atoms with Crippen LogP contribution in [-0.4, -0.2) is 45.6 Å². The van der Waals surface area contributed by atoms with E-state index in [-0.39, 0.29) is 18.4 Å². The van der Waals surface area contributed by atoms with Crippen molar-refractivity contribution < 1.29 is 9.59 Å². The molecule has 0 N–H and O–H groups in total. The molecule has 2 aliphatic heterocycles. The lowest BCUT2D eigenvalue weighted by Crippen LogP contribution is -2.45. The van der Waals surface area contributed by atoms with Gasteiger partial charge in [-0.3, -0.25) is 14.5 Å². The van der Waals surface area contributed by atoms with Crippen LogP contribution in [0.3, 0.4) is 0 Å². The molecule has 3 rings (SSSR count). The van der Waals surface area contributed by atoms with E-state index in [1.165, 1.54) is 16.7 Å². The topological polar surface area (TPSA) is 40.6 Å². The van der Waals surface area contributed by atoms with Crippen LogP contribution in [0.5, 0.6) is 0 Å². The van der Waals surface area contributed by atoms with Crippen molar-refractivity contribution in [3.8, 4) is 0 Å². The Balaban J connectivity index is 1.66. The van der Waals surface area contributed by atoms with E-state index in [9.17, 15) is 9.59 Å². The van der Waals surface area contributed by atoms with Gasteiger partial charge in [-0.15, -0.1) is 0 Å². The van der Waals surface area contributed by atoms with Gasteiger partial charge in [-0.25, -0.2) is 0 Å². The van der Waals surface area contributed by atoms with Gasteiger partial charge in [0.1, 0.15) is 10.9 Å². The molecule has 2 amide bonds. The number of thioether (sulfide) groups is 1. The molecular weight excluding hydrogens is 340 g/mol. The van der Waals surface area contributed by atoms with Gasteiger partial charge < -0.3 is 4.90 Å². The second-order valence-electron chi connectivity index (χ2n) is 6.24. The zero-order valence-electron chi connectivity index (χ0n) is 13.6. The fourth-order valence-corrected chi connectivity index (χ4v) is 4.09. The zero-order valence-corrected chi connectivity index (χ0v) is 15.2. The maximum atomic E-state index is 12.6. The van der Waals surface area contributed by atoms with Crippen molar-refractivity contribution in [3.05, 3.63) is 40.8 Å². The number of hydrogen-bond donors (Lipinski definition) is 0. The summed E-state index contributed by atoms with van der Waals surface area (Å²) in [6.07, 6.45) is 3.88. The first kappa shape index (κ1) is 17.2. The largest absolute Gasteiger partial charge is 0.341 e. The van der Waals surface area contributed by atoms with E-state index in [1.54, 1.807) is 0 Å². The molecule has 2 saturated heterocycles. The van der Waals surface area contributed by atoms with Gasteiger partial charge in [0.15, 0.2) is 0 Å². The Morgan fingerprint density at radius 1 is 1.29 bits per heavy atom. The Bertz CT molecular complexity index is 680. The number of likely N-dealkylation sites (tertiary alicyclic amines) is 1. The van der Waals surface area contributed by atoms with Crippen LogP contribution in [-0.2, 0) is 9.59 Å². The molecule has 0 spiro atoms. The third kappa shape index (κ3) is 3.87. The summed E-state index contributed by atoms with van der Waals surface area (Å²) in [6, 6.07) is 9.65. The van der Waals surface area contributed by atoms with Crippen LogP contribution < -0.4 is 0 Å². The lowest BCUT2D eigenvalue weighted by molar-refractivity contribution is -0.136. The van der Waals surface area contributed by atoms with Crippen LogP contribution >= 0.6 is 24.0 Å². The summed E-state index contributed by atoms with van der Waals surface area (Å²) < 4.78 is 0.459. The minimum Gasteiger partial charge on any atom is -0.341 e. The number of amides is 2. The predicted octanol–water partition coefficient (Wildman–Crippen LogP) is 3.15. The smallest absolute Gasteiger partial charge is 0.266 e. The van der Waals surface area contributed by atoms with Crippen molar-refractivity contribution >= 4 is 46.2 Å². The van der Waals surface area contributed by atoms with Gasteiger partial charge in [-0.05, 0) is 30.4 Å². The number of hydrogen-bond acceptors (Lipinski definition) is 4. The molecule has 1 aromatic carbocycles. The van der Waals surface area contributed by atoms with Crippen LogP contribution in [0.1, 0.15) is 25.3 Å². The molecule has 0 atom stereocenters. The number of rotatable bonds is 3. The van der Waals surface area contributed by atoms with E-state index in [1.807, 2.05) is 41.3 Å². The van der Waals surface area contributed by atoms with Crippen molar-refractivity contribution in [2.75, 3.05) is 19.6 Å². The molecule has 0 aliphatic carbocycles. The van der Waals surface area contributed by atoms with E-state index < -0.39 is 0 Å². The maximum absolute atomic E-state index is 12.6. The summed E-state index contributed by atoms with van der Waals surface area (Å²) >= 11 is 6.57. The summed E-state index contributed by atoms with van der Waals surface area (Å²) in [5, 5.41) is 0. The Labute approximate surface area is 151 Å². The van der Waals surface area contributed by atoms with Gasteiger partial charge in [0.2, 0.25) is 5.91 Å². The molecule has 2 aliphatic rings. The summed E-state index contributed by atoms with van der Waals surface area (Å²) in [5.74, 6) is 0.478. The number of piperidine rings is 1. The number of thiocarbonyl (C=S) groups is 1. The van der Waals surface area contributed by atoms with E-state index in [2.05, 4.69) is 6.92 Å². The van der Waals surface area contributed by atoms with Gasteiger partial charge >= 0.3 is 0 Å². The van der Waals surface area contributed by atoms with Crippen LogP contribution in [0.25, 0.3) is 6.08 Å². The first-order valence-electron chi connectivity index (χ1n) is 8.13. The molecular formula is C18H20N2O2S2. The van der Waals surface area contributed by atoms with Crippen molar-refractivity contribution in [3.63, 3.8) is 0 Å². The van der Waals surface area contributed by atoms with Crippen LogP contribution in [0.2, 0.25) is 0 Å². The van der Waals surface area contributed by atoms with Gasteiger partial charge in [0.25, 0.3) is 5.91 Å². The highest BCUT2D eigenvalue weighted by molar-refractivity contribution is 8.26. The third-order valence-electron chi connectivity index (χ3n) is 4.40. The number of carbonyl (C=O) groups is 2. The standard InChI is InChI=1S/C18H20N2O2S2/c1-13-7-9-19(10-8-13)16(21)12-20-17(22)15(24-18(20)23)11-14-5-3-2-4-6-14/h2-6,11,13H,7-10,12H2,1H3. The summed E-state index contributed by atoms with van der Waals surface area (Å²) in [6.45, 7) is 3.80. The average molecular weight is 361 g/mol. The van der Waals surface area contributed by atoms with Crippen molar-refractivity contribution in [1.82, 2.24) is 9.80 Å². The third-order valence-corrected chi connectivity index (χ3v) is 5.78. The first-order valence-corrected chi connectivity index (χ1v) is 9.35. The fourth-order valence-electron chi connectivity index (χ4n) is 2.83. The minimum absolute atomic E-state index is 0.0147. The molecule has 2 heterocycles. The summed E-state index contributed by atoms with van der Waals surface area (Å²) in [4.78, 5) is 28.9. The van der Waals surface area contributed by atoms with E-state index in [4.69, 9.17) is 12.2 Å². The maximum Gasteiger partial charge on any atom is 0.266 e. The average Bonchev–Trinajstić information content (AvgIpc) is 2.84. The van der Waals surface area contributed by atoms with Crippen molar-refractivity contribution in [2.45, 2.75) is 19.8 Å². The molecule has 2 fully saturated rings. The minimum atomic E-state index is -0.174. The van der Waals surface area contributed by atoms with Gasteiger partial charge in [-0.2, -0.15) is 0 Å². The Morgan fingerprint density at radius 2 is 1.96 bits per heavy atom. The normalized spacial score (nSPS) is 21.0. The molecule has 0 radical (unpaired) electrons. The highest BCUT2D eigenvalue weighted by atomic mass is 32.2. The van der Waals surface area contributed by atoms with E-state index in [0.29, 0.717) is 15.1 Å². The predicted molar refractivity (Wildman–Crippen MR) is 101 cm³/mol. The van der Waals surface area contributed by atoms with Crippen LogP contribution in [0, 0.1) is 5.92 Å². The van der Waals surface area contributed by atoms with Gasteiger partial charge in [-0.1, -0.05) is 61.2 Å². The highest BCUT2D eigenvalue weighted by Crippen LogP contribution is 2.32. The Morgan fingerprint density at radius 3 is 2.62 bits per heavy atom. The Kier molecular flexibility index (Phi) is 5.36. The van der Waals surface area contributed by atoms with Crippen LogP contribution in [0.4, 0.5) is 0 Å². The molecule has 4 nitrogen and oxygen atoms in total. The monoisotopic (exact) mass is 360 g/mol. The number of benzene rings is 1. The van der Waals surface area contributed by atoms with Crippen LogP contribution in [0.15, 0.2) is 35.2 Å². The second kappa shape index (κ2) is 7.49. The molecule has 126 valence electrons. The quantitative estimate of drug-likeness (QED) is 0.613. The number of carbonyl (C=O) groups excluding carboxylic acids is 2. The lowest BCUT2D eigenvalue weighted by atomic mass is 9.99. The lowest BCUT2D eigenvalue weighted by Gasteiger charge is -2.31. The molecule has 0 bridgehead atoms. The van der Waals surface area contributed by atoms with Gasteiger partial charge in [0.05, 0.1) is 4.91 Å². The van der Waals surface area contributed by atoms with E-state index in [0.717, 1.165) is 31.5 Å². The van der Waals surface area contributed by atoms with Crippen molar-refractivity contribution in [2.24, 2.45) is 5.92 Å². The Hall–Kier alpha value is -1.66. The number of nitrogens with zero attached hydrogens (tertiary/aromatic N) is 2. The molecule has 24 heavy (non-hydrogen) atoms. The van der Waals surface area contributed by atoms with E-state index >= 15 is 0 Å². The van der Waals surface area contributed by atoms with Gasteiger partial charge in [0, 0.05) is 13.1 Å². The van der Waals surface area contributed by atoms with Crippen molar-refractivity contribution in [1.29, 1.82) is 0 Å².